The second-order valence-electron chi connectivity index (χ2n) is 29.8. The van der Waals surface area contributed by atoms with E-state index in [9.17, 15) is 0 Å². The van der Waals surface area contributed by atoms with Crippen LogP contribution in [0.1, 0.15) is 16.7 Å². The molecule has 6 aromatic carbocycles. The minimum absolute atomic E-state index is 0. The summed E-state index contributed by atoms with van der Waals surface area (Å²) in [5.74, 6) is 2.49. The van der Waals surface area contributed by atoms with Gasteiger partial charge in [-0.1, -0.05) is 88.7 Å². The van der Waals surface area contributed by atoms with Gasteiger partial charge in [0.1, 0.15) is 19.0 Å². The molecular weight excluding hydrogens is 2390 g/mol. The average Bonchev–Trinajstić information content (AvgIpc) is 1.62. The lowest BCUT2D eigenvalue weighted by molar-refractivity contribution is 0.0139. The highest BCUT2D eigenvalue weighted by molar-refractivity contribution is 9.10. The third-order valence-corrected chi connectivity index (χ3v) is 74.2. The molecule has 724 valence electrons. The Morgan fingerprint density at radius 2 is 0.679 bits per heavy atom. The highest BCUT2D eigenvalue weighted by Gasteiger charge is 2.30. The van der Waals surface area contributed by atoms with Gasteiger partial charge in [-0.2, -0.15) is 13.5 Å². The van der Waals surface area contributed by atoms with Crippen LogP contribution in [0.25, 0.3) is 99.5 Å². The molecule has 3 fully saturated rings. The number of fused-ring (bicyclic) bond motifs is 15. The average molecular weight is 2470 g/mol. The van der Waals surface area contributed by atoms with E-state index in [-0.39, 0.29) is 25.7 Å². The SMILES string of the molecule is CN(C)CC1CNCCO1.S.S=S=S=S=S=S=S=S=S=S=S=S.S=S=S=S=S=S=S=S=S=S=S=S=S=S=S=S=S=S.[C-]#[N+]c1ccc(-c2cc3n(c2)Cc2cc(Br)ccc2-n2cnnc2-3)cc1.[C-]#[N+]c1ccc(-c2cc3n(c2)Cc2cc(N4CCOC(CN(C)C)C4)ccc2-n2cnnc2-3)cc1.[C-]#[N+]c1ccc(-c2cc3n(c2)Cc2cc(N4CCO[C@@H](CN(C)C)C4)ccc2-n2cnnc2-3)cc1. The number of nitrogens with zero attached hydrogens (tertiary/aromatic N) is 20. The smallest absolute Gasteiger partial charge is 0.187 e. The van der Waals surface area contributed by atoms with Crippen LogP contribution in [-0.4, -0.2) is 212 Å². The van der Waals surface area contributed by atoms with Crippen LogP contribution >= 0.6 is 29.4 Å². The molecule has 0 saturated carbocycles. The van der Waals surface area contributed by atoms with Crippen molar-refractivity contribution >= 4 is 334 Å². The first-order chi connectivity index (χ1) is 66.5. The largest absolute Gasteiger partial charge is 0.374 e. The Hall–Kier alpha value is -4.20. The number of hydrogen-bond donors (Lipinski definition) is 1. The standard InChI is InChI=1S/2C27H27N7O.C20H12BrN5.C7H16N2O.S18.S12.H2S/c2*1-28-22-6-4-19(5-7-22)20-13-26-27-30-29-18-34(27)25-9-8-23(12-21(25)15-33(26)14-20)32-10-11-35-24(17-32)16-31(2)3;1-22-17-5-2-13(3-6-17)14-9-19-20-24-23-12-26(20)18-7-4-16(21)8-15(18)11-25(19)10-14;1-9(2)6-7-5-8-3-4-10-7;1-3-5-7-9-11-13-15-17-18-16-14-12-10-8-6-4-2;1-3-5-7-9-11-12-10-8-6-4-2;/h2*4-9,12-14,18,24H,10-11,15-17H2,2-3H3;2-10,12H,11H2;7-8H,3-6H2,1-2H3;;;1H2/t24-;;;;;;/m0....../s1. The topological polar surface area (TPSA) is 176 Å². The van der Waals surface area contributed by atoms with Crippen molar-refractivity contribution in [2.24, 2.45) is 0 Å². The molecular formula is C81H84BrN21O3S31. The number of anilines is 2. The Morgan fingerprint density at radius 1 is 0.380 bits per heavy atom. The third-order valence-electron chi connectivity index (χ3n) is 20.4. The van der Waals surface area contributed by atoms with Crippen molar-refractivity contribution in [2.75, 3.05) is 131 Å². The summed E-state index contributed by atoms with van der Waals surface area (Å²) in [7, 11) is 55.9. The van der Waals surface area contributed by atoms with Crippen LogP contribution in [0.2, 0.25) is 0 Å². The molecule has 6 aliphatic rings. The summed E-state index contributed by atoms with van der Waals surface area (Å²) in [5, 5.41) is 29.2. The molecule has 6 aromatic heterocycles. The first-order valence-corrected chi connectivity index (χ1v) is 78.3. The van der Waals surface area contributed by atoms with Crippen LogP contribution in [0.5, 0.6) is 0 Å². The summed E-state index contributed by atoms with van der Waals surface area (Å²) in [6.45, 7) is 34.5. The first kappa shape index (κ1) is 112. The Labute approximate surface area is 905 Å². The van der Waals surface area contributed by atoms with E-state index in [1.807, 2.05) is 83.4 Å². The highest BCUT2D eigenvalue weighted by Crippen LogP contribution is 2.40. The van der Waals surface area contributed by atoms with Gasteiger partial charge in [-0.05, 0) is 148 Å². The minimum atomic E-state index is 0. The van der Waals surface area contributed by atoms with Crippen LogP contribution < -0.4 is 15.1 Å². The van der Waals surface area contributed by atoms with E-state index in [4.69, 9.17) is 56.3 Å². The Morgan fingerprint density at radius 3 is 0.978 bits per heavy atom. The van der Waals surface area contributed by atoms with Crippen LogP contribution in [0, 0.1) is 19.7 Å². The molecule has 2 unspecified atom stereocenters. The number of ether oxygens (including phenoxy) is 3. The first-order valence-electron chi connectivity index (χ1n) is 40.2. The highest BCUT2D eigenvalue weighted by atomic mass is 79.9. The molecule has 3 saturated heterocycles. The molecule has 0 spiro atoms. The van der Waals surface area contributed by atoms with Gasteiger partial charge in [0, 0.05) is 405 Å². The van der Waals surface area contributed by atoms with Crippen LogP contribution in [0.15, 0.2) is 188 Å². The molecule has 24 nitrogen and oxygen atoms in total. The van der Waals surface area contributed by atoms with E-state index in [0.29, 0.717) is 23.2 Å². The van der Waals surface area contributed by atoms with Crippen LogP contribution in [0.4, 0.5) is 28.4 Å². The molecule has 18 rings (SSSR count). The molecule has 6 aliphatic heterocycles. The predicted molar refractivity (Wildman–Crippen MR) is 648 cm³/mol. The van der Waals surface area contributed by atoms with Crippen molar-refractivity contribution in [2.45, 2.75) is 37.9 Å². The number of rotatable bonds is 11. The molecule has 0 amide bonds. The lowest BCUT2D eigenvalue weighted by atomic mass is 10.1. The van der Waals surface area contributed by atoms with Gasteiger partial charge in [0.05, 0.1) is 92.0 Å². The van der Waals surface area contributed by atoms with Crippen molar-refractivity contribution in [3.8, 4) is 85.0 Å². The van der Waals surface area contributed by atoms with Gasteiger partial charge >= 0.3 is 0 Å². The maximum atomic E-state index is 7.20. The van der Waals surface area contributed by atoms with Crippen molar-refractivity contribution in [3.63, 3.8) is 0 Å². The Balaban J connectivity index is 0.000000155. The van der Waals surface area contributed by atoms with Crippen molar-refractivity contribution in [3.05, 3.63) is 239 Å². The molecule has 1 N–H and O–H groups in total. The van der Waals surface area contributed by atoms with Gasteiger partial charge < -0.3 is 57.7 Å². The normalized spacial score (nSPS) is 14.4. The summed E-state index contributed by atoms with van der Waals surface area (Å²) >= 11 is 22.4. The molecule has 3 atom stereocenters. The number of nitrogens with one attached hydrogen (secondary N) is 1. The Bertz CT molecular complexity index is 7430. The summed E-state index contributed by atoms with van der Waals surface area (Å²) in [4.78, 5) is 21.8. The van der Waals surface area contributed by atoms with Crippen LogP contribution in [0.3, 0.4) is 0 Å². The number of halogens is 1. The second-order valence-corrected chi connectivity index (χ2v) is 76.7. The van der Waals surface area contributed by atoms with E-state index >= 15 is 0 Å². The Kier molecular flexibility index (Phi) is 48.9. The maximum Gasteiger partial charge on any atom is 0.187 e. The minimum Gasteiger partial charge on any atom is -0.374 e. The third kappa shape index (κ3) is 33.7. The van der Waals surface area contributed by atoms with Gasteiger partial charge in [-0.15, -0.1) is 30.6 Å². The van der Waals surface area contributed by atoms with Gasteiger partial charge in [-0.3, -0.25) is 13.7 Å². The molecule has 0 bridgehead atoms. The van der Waals surface area contributed by atoms with E-state index in [0.717, 1.165) is 188 Å². The molecule has 12 heterocycles. The number of hydrogen-bond acceptors (Lipinski definition) is 19. The number of morpholine rings is 3. The van der Waals surface area contributed by atoms with Crippen molar-refractivity contribution in [1.29, 1.82) is 0 Å². The van der Waals surface area contributed by atoms with Gasteiger partial charge in [0.25, 0.3) is 0 Å². The summed E-state index contributed by atoms with van der Waals surface area (Å²) in [6, 6.07) is 49.2. The summed E-state index contributed by atoms with van der Waals surface area (Å²) in [6.07, 6.45) is 12.6. The van der Waals surface area contributed by atoms with Crippen LogP contribution in [-0.2, 0) is 309 Å². The number of benzene rings is 6. The van der Waals surface area contributed by atoms with E-state index < -0.39 is 0 Å². The number of likely N-dealkylation sites (N-methyl/N-ethyl adjacent to an activating group) is 3. The molecule has 0 radical (unpaired) electrons. The van der Waals surface area contributed by atoms with Gasteiger partial charge in [-0.25, -0.2) is 14.5 Å². The fraction of sp³-hybridized carbons (Fsp3) is 0.296. The number of aromatic nitrogens is 12. The molecule has 56 heteroatoms. The second kappa shape index (κ2) is 60.0. The van der Waals surface area contributed by atoms with Gasteiger partial charge in [0.15, 0.2) is 34.5 Å². The zero-order valence-corrected chi connectivity index (χ0v) is 100. The van der Waals surface area contributed by atoms with Gasteiger partial charge in [0.2, 0.25) is 0 Å². The summed E-state index contributed by atoms with van der Waals surface area (Å²) in [5.41, 5.74) is 21.0. The zero-order chi connectivity index (χ0) is 95.3. The molecule has 137 heavy (non-hydrogen) atoms. The van der Waals surface area contributed by atoms with E-state index in [1.54, 1.807) is 214 Å². The quantitative estimate of drug-likeness (QED) is 0.121. The fourth-order valence-corrected chi connectivity index (χ4v) is 75.8. The van der Waals surface area contributed by atoms with E-state index in [2.05, 4.69) is 264 Å². The van der Waals surface area contributed by atoms with Crippen molar-refractivity contribution < 1.29 is 14.2 Å². The lowest BCUT2D eigenvalue weighted by Gasteiger charge is -2.36. The maximum absolute atomic E-state index is 7.20. The molecule has 12 aromatic rings. The predicted octanol–water partition coefficient (Wildman–Crippen LogP) is 12.8. The van der Waals surface area contributed by atoms with Crippen molar-refractivity contribution in [1.82, 2.24) is 78.0 Å². The summed E-state index contributed by atoms with van der Waals surface area (Å²) < 4.78 is 31.4. The lowest BCUT2D eigenvalue weighted by Crippen LogP contribution is -2.46. The monoisotopic (exact) mass is 2470 g/mol. The van der Waals surface area contributed by atoms with E-state index in [1.165, 1.54) is 63.6 Å². The fourth-order valence-electron chi connectivity index (χ4n) is 15.0. The zero-order valence-electron chi connectivity index (χ0n) is 73.0. The molecule has 0 aliphatic carbocycles.